The van der Waals surface area contributed by atoms with Crippen LogP contribution < -0.4 is 24.8 Å². The fourth-order valence-corrected chi connectivity index (χ4v) is 9.81. The van der Waals surface area contributed by atoms with Crippen molar-refractivity contribution in [2.24, 2.45) is 5.92 Å². The zero-order chi connectivity index (χ0) is 41.5. The first kappa shape index (κ1) is 40.2. The maximum atomic E-state index is 14.7. The lowest BCUT2D eigenvalue weighted by atomic mass is 9.87. The number of methoxy groups -OCH3 is 1. The third-order valence-corrected chi connectivity index (χ3v) is 15.0. The van der Waals surface area contributed by atoms with Gasteiger partial charge in [-0.05, 0) is 96.3 Å². The summed E-state index contributed by atoms with van der Waals surface area (Å²) in [6.45, 7) is 2.99. The topological polar surface area (TPSA) is 182 Å². The minimum atomic E-state index is -4.92. The third kappa shape index (κ3) is 7.44. The van der Waals surface area contributed by atoms with Crippen molar-refractivity contribution in [1.82, 2.24) is 25.2 Å². The van der Waals surface area contributed by atoms with E-state index in [1.54, 1.807) is 19.1 Å². The number of alkyl carbamates (subject to hydrolysis) is 1. The Labute approximate surface area is 334 Å². The number of sulfonamides is 1. The second kappa shape index (κ2) is 14.0. The maximum absolute atomic E-state index is 14.7. The Morgan fingerprint density at radius 1 is 1.05 bits per heavy atom. The third-order valence-electron chi connectivity index (χ3n) is 12.9. The number of hydrogen-bond donors (Lipinski definition) is 3. The quantitative estimate of drug-likeness (QED) is 0.337. The van der Waals surface area contributed by atoms with Crippen LogP contribution in [0, 0.1) is 5.92 Å². The van der Waals surface area contributed by atoms with Crippen LogP contribution in [0.2, 0.25) is 0 Å². The van der Waals surface area contributed by atoms with Crippen molar-refractivity contribution in [2.75, 3.05) is 13.7 Å². The molecule has 1 aromatic carbocycles. The highest BCUT2D eigenvalue weighted by Crippen LogP contribution is 2.51. The Morgan fingerprint density at radius 2 is 1.81 bits per heavy atom. The summed E-state index contributed by atoms with van der Waals surface area (Å²) < 4.78 is 89.0. The number of benzene rings is 1. The molecule has 3 saturated carbocycles. The van der Waals surface area contributed by atoms with Gasteiger partial charge in [0.25, 0.3) is 5.91 Å². The summed E-state index contributed by atoms with van der Waals surface area (Å²) in [5.74, 6) is -3.03. The molecule has 1 spiro atoms. The van der Waals surface area contributed by atoms with Crippen LogP contribution in [0.3, 0.4) is 0 Å². The van der Waals surface area contributed by atoms with Crippen LogP contribution in [0.15, 0.2) is 30.4 Å². The number of carbonyl (C=O) groups excluding carboxylic acids is 4. The minimum Gasteiger partial charge on any atom is -0.497 e. The van der Waals surface area contributed by atoms with Crippen molar-refractivity contribution < 1.29 is 55.0 Å². The van der Waals surface area contributed by atoms with E-state index in [1.165, 1.54) is 31.1 Å². The van der Waals surface area contributed by atoms with Crippen LogP contribution >= 0.6 is 0 Å². The molecule has 14 nitrogen and oxygen atoms in total. The van der Waals surface area contributed by atoms with E-state index in [0.717, 1.165) is 0 Å². The summed E-state index contributed by atoms with van der Waals surface area (Å²) in [6, 6.07) is 2.00. The van der Waals surface area contributed by atoms with Gasteiger partial charge in [-0.15, -0.1) is 0 Å². The number of pyridine rings is 1. The molecule has 8 rings (SSSR count). The molecule has 3 aliphatic carbocycles. The molecule has 3 N–H and O–H groups in total. The van der Waals surface area contributed by atoms with Gasteiger partial charge in [-0.2, -0.15) is 13.2 Å². The van der Waals surface area contributed by atoms with Gasteiger partial charge in [0.1, 0.15) is 34.6 Å². The molecule has 3 aliphatic heterocycles. The van der Waals surface area contributed by atoms with E-state index in [1.807, 2.05) is 6.08 Å². The standard InChI is InChI=1S/C40H48F3N5O9S/c1-36(15-16-36)57-35(52)45-28-10-8-6-4-5-7-9-23-20-39(23,34(51)47-58(53,54)37(2)17-18-37)46-32(49)29-21-38(22-48(29)33(28)50)14-13-25-26-19-24(55-3)11-12-27(26)44-31(30(25)56-38)40(41,42)43/h7,9,11-12,19,23,28-29H,4-6,8,10,13-18,20-22H2,1-3H3,(H,45,52)(H,46,49)(H,47,51)/b9-7-/t23-,28+,29+,38-,39-/m1/s1. The molecule has 4 amide bonds. The van der Waals surface area contributed by atoms with E-state index in [-0.39, 0.29) is 49.7 Å². The lowest BCUT2D eigenvalue weighted by Gasteiger charge is -2.37. The highest BCUT2D eigenvalue weighted by Gasteiger charge is 2.64. The molecule has 58 heavy (non-hydrogen) atoms. The average molecular weight is 832 g/mol. The van der Waals surface area contributed by atoms with Crippen molar-refractivity contribution in [3.05, 3.63) is 41.6 Å². The maximum Gasteiger partial charge on any atom is 0.437 e. The zero-order valence-corrected chi connectivity index (χ0v) is 33.4. The van der Waals surface area contributed by atoms with E-state index in [4.69, 9.17) is 14.2 Å². The van der Waals surface area contributed by atoms with E-state index in [9.17, 15) is 40.8 Å². The van der Waals surface area contributed by atoms with Crippen LogP contribution in [0.4, 0.5) is 18.0 Å². The first-order valence-electron chi connectivity index (χ1n) is 19.9. The molecule has 4 heterocycles. The fraction of sp³-hybridized carbons (Fsp3) is 0.625. The van der Waals surface area contributed by atoms with Gasteiger partial charge in [0.15, 0.2) is 11.4 Å². The number of amides is 4. The van der Waals surface area contributed by atoms with Crippen molar-refractivity contribution in [3.8, 4) is 11.5 Å². The highest BCUT2D eigenvalue weighted by molar-refractivity contribution is 7.91. The number of aryl methyl sites for hydroxylation is 1. The first-order valence-corrected chi connectivity index (χ1v) is 21.4. The molecule has 0 unspecified atom stereocenters. The highest BCUT2D eigenvalue weighted by atomic mass is 32.2. The smallest absolute Gasteiger partial charge is 0.437 e. The van der Waals surface area contributed by atoms with Gasteiger partial charge in [-0.1, -0.05) is 25.0 Å². The number of nitrogens with zero attached hydrogens (tertiary/aromatic N) is 2. The van der Waals surface area contributed by atoms with E-state index >= 15 is 0 Å². The summed E-state index contributed by atoms with van der Waals surface area (Å²) in [5, 5.41) is 5.90. The van der Waals surface area contributed by atoms with E-state index in [0.29, 0.717) is 62.5 Å². The molecular weight excluding hydrogens is 784 g/mol. The molecule has 1 aromatic heterocycles. The molecule has 6 aliphatic rings. The Hall–Kier alpha value is -4.61. The predicted octanol–water partition coefficient (Wildman–Crippen LogP) is 4.97. The van der Waals surface area contributed by atoms with E-state index < -0.39 is 90.9 Å². The lowest BCUT2D eigenvalue weighted by Crippen LogP contribution is -2.58. The fourth-order valence-electron chi connectivity index (χ4n) is 8.50. The van der Waals surface area contributed by atoms with Crippen LogP contribution in [-0.4, -0.2) is 89.3 Å². The van der Waals surface area contributed by atoms with Crippen LogP contribution in [0.25, 0.3) is 10.9 Å². The number of halogens is 3. The van der Waals surface area contributed by atoms with Crippen molar-refractivity contribution in [2.45, 2.75) is 137 Å². The molecule has 4 fully saturated rings. The second-order valence-electron chi connectivity index (χ2n) is 17.4. The van der Waals surface area contributed by atoms with Gasteiger partial charge in [0, 0.05) is 23.3 Å². The Morgan fingerprint density at radius 3 is 2.50 bits per heavy atom. The van der Waals surface area contributed by atoms with Gasteiger partial charge >= 0.3 is 12.3 Å². The molecule has 0 radical (unpaired) electrons. The van der Waals surface area contributed by atoms with Crippen LogP contribution in [0.1, 0.15) is 102 Å². The molecule has 5 atom stereocenters. The van der Waals surface area contributed by atoms with Crippen molar-refractivity contribution in [3.63, 3.8) is 0 Å². The number of alkyl halides is 3. The van der Waals surface area contributed by atoms with Gasteiger partial charge in [0.2, 0.25) is 21.8 Å². The minimum absolute atomic E-state index is 0.0728. The Kier molecular flexibility index (Phi) is 9.70. The number of carbonyl (C=O) groups is 4. The molecule has 0 bridgehead atoms. The lowest BCUT2D eigenvalue weighted by molar-refractivity contribution is -0.144. The van der Waals surface area contributed by atoms with Crippen molar-refractivity contribution in [1.29, 1.82) is 0 Å². The zero-order valence-electron chi connectivity index (χ0n) is 32.6. The molecule has 1 saturated heterocycles. The largest absolute Gasteiger partial charge is 0.497 e. The number of fused-ring (bicyclic) bond motifs is 5. The van der Waals surface area contributed by atoms with Crippen molar-refractivity contribution >= 4 is 44.7 Å². The van der Waals surface area contributed by atoms with Gasteiger partial charge in [-0.25, -0.2) is 18.2 Å². The Balaban J connectivity index is 1.16. The summed E-state index contributed by atoms with van der Waals surface area (Å²) in [7, 11) is -2.65. The number of aromatic nitrogens is 1. The number of rotatable bonds is 6. The summed E-state index contributed by atoms with van der Waals surface area (Å²) >= 11 is 0. The molecule has 2 aromatic rings. The van der Waals surface area contributed by atoms with Crippen LogP contribution in [0.5, 0.6) is 11.5 Å². The second-order valence-corrected chi connectivity index (χ2v) is 19.6. The first-order chi connectivity index (χ1) is 27.3. The molecule has 18 heteroatoms. The number of ether oxygens (including phenoxy) is 3. The summed E-state index contributed by atoms with van der Waals surface area (Å²) in [6.07, 6.45) is 2.74. The number of nitrogens with one attached hydrogen (secondary N) is 3. The predicted molar refractivity (Wildman–Crippen MR) is 202 cm³/mol. The van der Waals surface area contributed by atoms with Gasteiger partial charge < -0.3 is 29.7 Å². The normalized spacial score (nSPS) is 30.6. The number of hydrogen-bond acceptors (Lipinski definition) is 10. The molecule has 314 valence electrons. The Bertz CT molecular complexity index is 2210. The summed E-state index contributed by atoms with van der Waals surface area (Å²) in [5.41, 5.74) is -4.73. The van der Waals surface area contributed by atoms with Gasteiger partial charge in [0.05, 0.1) is 23.9 Å². The monoisotopic (exact) mass is 831 g/mol. The summed E-state index contributed by atoms with van der Waals surface area (Å²) in [4.78, 5) is 61.6. The number of allylic oxidation sites excluding steroid dienone is 1. The van der Waals surface area contributed by atoms with E-state index in [2.05, 4.69) is 20.3 Å². The average Bonchev–Trinajstić information content (AvgIpc) is 4.13. The molecular formula is C40H48F3N5O9S. The van der Waals surface area contributed by atoms with Crippen LogP contribution in [-0.2, 0) is 41.7 Å². The SMILES string of the molecule is COc1ccc2nc(C(F)(F)F)c3c(c2c1)CC[C@]1(C[C@H]2C(=O)N[C@]4(C(=O)NS(=O)(=O)C5(C)CC5)C[C@H]4/C=C\CCCCC[C@H](NC(=O)OC4(C)CC4)C(=O)N2C1)O3. The van der Waals surface area contributed by atoms with Gasteiger partial charge in [-0.3, -0.25) is 19.1 Å².